The Bertz CT molecular complexity index is 855. The number of carbonyl (C=O) groups is 2. The molecule has 1 saturated heterocycles. The molecule has 1 aliphatic heterocycles. The minimum atomic E-state index is -0.343. The maximum absolute atomic E-state index is 12.3. The molecule has 1 atom stereocenters. The van der Waals surface area contributed by atoms with Gasteiger partial charge in [-0.3, -0.25) is 19.5 Å². The molecule has 4 N–H and O–H groups in total. The van der Waals surface area contributed by atoms with Gasteiger partial charge in [0, 0.05) is 19.4 Å². The number of nitrogens with zero attached hydrogens (tertiary/aromatic N) is 2. The molecule has 164 valence electrons. The second-order valence-electron chi connectivity index (χ2n) is 7.62. The molecule has 1 aliphatic rings. The molecule has 0 bridgehead atoms. The Morgan fingerprint density at radius 1 is 1.37 bits per heavy atom. The van der Waals surface area contributed by atoms with Crippen molar-refractivity contribution in [3.05, 3.63) is 51.7 Å². The number of hydrogen-bond acceptors (Lipinski definition) is 5. The first kappa shape index (κ1) is 23.3. The van der Waals surface area contributed by atoms with Crippen molar-refractivity contribution in [2.24, 2.45) is 5.92 Å². The largest absolute Gasteiger partial charge is 0.483 e. The number of hydrogen-bond donors (Lipinski definition) is 4. The summed E-state index contributed by atoms with van der Waals surface area (Å²) < 4.78 is 0. The van der Waals surface area contributed by atoms with E-state index in [0.717, 1.165) is 19.0 Å². The maximum atomic E-state index is 12.3. The van der Waals surface area contributed by atoms with E-state index < -0.39 is 0 Å². The van der Waals surface area contributed by atoms with Crippen LogP contribution in [-0.4, -0.2) is 57.2 Å². The number of carboxylic acid groups (broad SMARTS) is 1. The summed E-state index contributed by atoms with van der Waals surface area (Å²) in [6, 6.07) is 8.60. The average Bonchev–Trinajstić information content (AvgIpc) is 3.15. The van der Waals surface area contributed by atoms with Crippen molar-refractivity contribution in [3.8, 4) is 0 Å². The van der Waals surface area contributed by atoms with E-state index in [0.29, 0.717) is 25.2 Å². The van der Waals surface area contributed by atoms with Crippen LogP contribution in [0.2, 0.25) is 0 Å². The van der Waals surface area contributed by atoms with Crippen LogP contribution >= 0.6 is 0 Å². The molecule has 9 nitrogen and oxygen atoms in total. The van der Waals surface area contributed by atoms with E-state index in [2.05, 4.69) is 63.5 Å². The fourth-order valence-electron chi connectivity index (χ4n) is 3.69. The second-order valence-corrected chi connectivity index (χ2v) is 7.62. The summed E-state index contributed by atoms with van der Waals surface area (Å²) in [5, 5.41) is 16.1. The highest BCUT2D eigenvalue weighted by Gasteiger charge is 2.26. The zero-order valence-electron chi connectivity index (χ0n) is 17.6. The van der Waals surface area contributed by atoms with E-state index >= 15 is 0 Å². The summed E-state index contributed by atoms with van der Waals surface area (Å²) in [5.41, 5.74) is 2.19. The number of aromatic amines is 2. The lowest BCUT2D eigenvalue weighted by molar-refractivity contribution is -0.123. The van der Waals surface area contributed by atoms with Gasteiger partial charge in [0.2, 0.25) is 5.91 Å². The lowest BCUT2D eigenvalue weighted by atomic mass is 9.94. The van der Waals surface area contributed by atoms with E-state index in [-0.39, 0.29) is 24.1 Å². The molecule has 9 heteroatoms. The Morgan fingerprint density at radius 3 is 2.63 bits per heavy atom. The predicted octanol–water partition coefficient (Wildman–Crippen LogP) is 1.63. The van der Waals surface area contributed by atoms with Crippen molar-refractivity contribution >= 4 is 12.4 Å². The van der Waals surface area contributed by atoms with E-state index in [9.17, 15) is 9.59 Å². The van der Waals surface area contributed by atoms with Gasteiger partial charge in [0.1, 0.15) is 5.82 Å². The van der Waals surface area contributed by atoms with Crippen LogP contribution in [0.25, 0.3) is 0 Å². The summed E-state index contributed by atoms with van der Waals surface area (Å²) in [4.78, 5) is 36.8. The van der Waals surface area contributed by atoms with Crippen LogP contribution in [0.3, 0.4) is 0 Å². The predicted molar refractivity (Wildman–Crippen MR) is 113 cm³/mol. The third kappa shape index (κ3) is 7.14. The second kappa shape index (κ2) is 11.9. The lowest BCUT2D eigenvalue weighted by Gasteiger charge is -2.37. The van der Waals surface area contributed by atoms with Crippen molar-refractivity contribution in [3.63, 3.8) is 0 Å². The first-order valence-corrected chi connectivity index (χ1v) is 10.2. The Balaban J connectivity index is 0.00000101. The first-order chi connectivity index (χ1) is 14.4. The summed E-state index contributed by atoms with van der Waals surface area (Å²) >= 11 is 0. The van der Waals surface area contributed by atoms with Crippen LogP contribution in [0.15, 0.2) is 29.1 Å². The van der Waals surface area contributed by atoms with E-state index in [4.69, 9.17) is 9.90 Å². The quantitative estimate of drug-likeness (QED) is 0.507. The van der Waals surface area contributed by atoms with Gasteiger partial charge in [0.05, 0.1) is 6.04 Å². The van der Waals surface area contributed by atoms with Gasteiger partial charge in [-0.05, 0) is 49.9 Å². The fourth-order valence-corrected chi connectivity index (χ4v) is 3.69. The SMILES string of the molecule is Cc1ccccc1C(CNC(=O)CCc1n[nH]c(=O)[nH]1)N1CCC(C)CC1.O=CO. The number of H-pyrrole nitrogens is 2. The molecule has 0 radical (unpaired) electrons. The summed E-state index contributed by atoms with van der Waals surface area (Å²) in [7, 11) is 0. The molecule has 1 fully saturated rings. The fraction of sp³-hybridized carbons (Fsp3) is 0.524. The van der Waals surface area contributed by atoms with Crippen molar-refractivity contribution < 1.29 is 14.7 Å². The number of aromatic nitrogens is 3. The standard InChI is InChI=1S/C20H29N5O2.CH2O2/c1-14-9-11-25(12-10-14)17(16-6-4-3-5-15(16)2)13-21-19(26)8-7-18-22-20(27)24-23-18;2-1-3/h3-6,14,17H,7-13H2,1-2H3,(H,21,26)(H2,22,23,24,27);1H,(H,2,3). The van der Waals surface area contributed by atoms with E-state index in [1.807, 2.05) is 0 Å². The molecule has 1 aromatic carbocycles. The molecule has 0 saturated carbocycles. The molecular weight excluding hydrogens is 386 g/mol. The molecule has 1 unspecified atom stereocenters. The van der Waals surface area contributed by atoms with Gasteiger partial charge < -0.3 is 10.4 Å². The first-order valence-electron chi connectivity index (χ1n) is 10.2. The van der Waals surface area contributed by atoms with Crippen LogP contribution in [0.1, 0.15) is 49.2 Å². The zero-order chi connectivity index (χ0) is 21.9. The Kier molecular flexibility index (Phi) is 9.27. The van der Waals surface area contributed by atoms with Crippen molar-refractivity contribution in [2.45, 2.75) is 45.6 Å². The Hall–Kier alpha value is -2.94. The molecule has 2 aromatic rings. The molecule has 3 rings (SSSR count). The van der Waals surface area contributed by atoms with Gasteiger partial charge >= 0.3 is 5.69 Å². The van der Waals surface area contributed by atoms with Crippen LogP contribution in [-0.2, 0) is 16.0 Å². The molecule has 2 heterocycles. The molecule has 1 aromatic heterocycles. The van der Waals surface area contributed by atoms with Gasteiger partial charge in [0.15, 0.2) is 0 Å². The monoisotopic (exact) mass is 417 g/mol. The smallest absolute Gasteiger partial charge is 0.340 e. The number of piperidine rings is 1. The number of amides is 1. The minimum Gasteiger partial charge on any atom is -0.483 e. The Morgan fingerprint density at radius 2 is 2.03 bits per heavy atom. The number of rotatable bonds is 7. The third-order valence-electron chi connectivity index (χ3n) is 5.44. The van der Waals surface area contributed by atoms with Gasteiger partial charge in [-0.15, -0.1) is 0 Å². The maximum Gasteiger partial charge on any atom is 0.340 e. The summed E-state index contributed by atoms with van der Waals surface area (Å²) in [6.45, 7) is 6.90. The highest BCUT2D eigenvalue weighted by molar-refractivity contribution is 5.76. The number of nitrogens with one attached hydrogen (secondary N) is 3. The summed E-state index contributed by atoms with van der Waals surface area (Å²) in [6.07, 6.45) is 3.12. The van der Waals surface area contributed by atoms with E-state index in [1.165, 1.54) is 24.0 Å². The number of benzene rings is 1. The normalized spacial score (nSPS) is 15.7. The van der Waals surface area contributed by atoms with Crippen LogP contribution in [0.5, 0.6) is 0 Å². The van der Waals surface area contributed by atoms with Crippen LogP contribution in [0, 0.1) is 12.8 Å². The average molecular weight is 418 g/mol. The van der Waals surface area contributed by atoms with E-state index in [1.54, 1.807) is 0 Å². The van der Waals surface area contributed by atoms with Crippen molar-refractivity contribution in [1.29, 1.82) is 0 Å². The molecular formula is C21H31N5O4. The van der Waals surface area contributed by atoms with Gasteiger partial charge in [-0.1, -0.05) is 31.2 Å². The number of aryl methyl sites for hydroxylation is 2. The summed E-state index contributed by atoms with van der Waals surface area (Å²) in [5.74, 6) is 1.25. The Labute approximate surface area is 175 Å². The third-order valence-corrected chi connectivity index (χ3v) is 5.44. The minimum absolute atomic E-state index is 0.0252. The molecule has 1 amide bonds. The topological polar surface area (TPSA) is 131 Å². The van der Waals surface area contributed by atoms with Crippen LogP contribution < -0.4 is 11.0 Å². The van der Waals surface area contributed by atoms with Crippen molar-refractivity contribution in [1.82, 2.24) is 25.4 Å². The van der Waals surface area contributed by atoms with Crippen LogP contribution in [0.4, 0.5) is 0 Å². The molecule has 0 aliphatic carbocycles. The van der Waals surface area contributed by atoms with Crippen molar-refractivity contribution in [2.75, 3.05) is 19.6 Å². The number of carbonyl (C=O) groups excluding carboxylic acids is 1. The highest BCUT2D eigenvalue weighted by atomic mass is 16.3. The van der Waals surface area contributed by atoms with Gasteiger partial charge in [0.25, 0.3) is 6.47 Å². The lowest BCUT2D eigenvalue weighted by Crippen LogP contribution is -2.42. The molecule has 0 spiro atoms. The zero-order valence-corrected chi connectivity index (χ0v) is 17.6. The van der Waals surface area contributed by atoms with Gasteiger partial charge in [-0.2, -0.15) is 5.10 Å². The van der Waals surface area contributed by atoms with Gasteiger partial charge in [-0.25, -0.2) is 9.89 Å². The molecule has 30 heavy (non-hydrogen) atoms. The highest BCUT2D eigenvalue weighted by Crippen LogP contribution is 2.28. The number of likely N-dealkylation sites (tertiary alicyclic amines) is 1.